The smallest absolute Gasteiger partial charge is 0.323 e. The number of carboxylic acids is 1. The van der Waals surface area contributed by atoms with Crippen LogP contribution in [0.1, 0.15) is 26.7 Å². The summed E-state index contributed by atoms with van der Waals surface area (Å²) in [6.45, 7) is 3.81. The number of hydrogen-bond donors (Lipinski definition) is 2. The number of carbonyl (C=O) groups excluding carboxylic acids is 1. The molecular formula is C11H19NO4. The molecule has 0 saturated heterocycles. The van der Waals surface area contributed by atoms with E-state index in [4.69, 9.17) is 5.11 Å². The highest BCUT2D eigenvalue weighted by Crippen LogP contribution is 2.28. The van der Waals surface area contributed by atoms with Gasteiger partial charge in [0.2, 0.25) is 0 Å². The lowest BCUT2D eigenvalue weighted by Crippen LogP contribution is -2.55. The molecule has 92 valence electrons. The minimum atomic E-state index is -0.795. The van der Waals surface area contributed by atoms with Crippen LogP contribution in [0.25, 0.3) is 0 Å². The van der Waals surface area contributed by atoms with Gasteiger partial charge in [0.05, 0.1) is 13.0 Å². The van der Waals surface area contributed by atoms with E-state index in [9.17, 15) is 9.59 Å². The Kier molecular flexibility index (Phi) is 4.29. The molecule has 1 aliphatic carbocycles. The van der Waals surface area contributed by atoms with Crippen LogP contribution in [0, 0.1) is 11.8 Å². The van der Waals surface area contributed by atoms with Gasteiger partial charge in [0.1, 0.15) is 6.04 Å². The van der Waals surface area contributed by atoms with Crippen molar-refractivity contribution in [2.75, 3.05) is 7.11 Å². The van der Waals surface area contributed by atoms with E-state index in [1.807, 2.05) is 13.8 Å². The molecule has 5 nitrogen and oxygen atoms in total. The Hall–Kier alpha value is -1.10. The van der Waals surface area contributed by atoms with Crippen LogP contribution in [0.5, 0.6) is 0 Å². The fourth-order valence-corrected chi connectivity index (χ4v) is 1.89. The Morgan fingerprint density at radius 2 is 2.00 bits per heavy atom. The molecule has 0 aromatic heterocycles. The Morgan fingerprint density at radius 3 is 2.31 bits per heavy atom. The number of aliphatic carboxylic acids is 1. The number of esters is 1. The molecule has 16 heavy (non-hydrogen) atoms. The van der Waals surface area contributed by atoms with Crippen molar-refractivity contribution < 1.29 is 19.4 Å². The molecule has 0 aliphatic heterocycles. The number of methoxy groups -OCH3 is 1. The lowest BCUT2D eigenvalue weighted by molar-refractivity contribution is -0.150. The molecule has 0 bridgehead atoms. The second-order valence-electron chi connectivity index (χ2n) is 4.54. The lowest BCUT2D eigenvalue weighted by Gasteiger charge is -2.37. The Morgan fingerprint density at radius 1 is 1.38 bits per heavy atom. The molecule has 1 rings (SSSR count). The van der Waals surface area contributed by atoms with Gasteiger partial charge in [-0.2, -0.15) is 0 Å². The maximum Gasteiger partial charge on any atom is 0.323 e. The van der Waals surface area contributed by atoms with E-state index in [0.717, 1.165) is 6.42 Å². The van der Waals surface area contributed by atoms with Gasteiger partial charge in [-0.15, -0.1) is 0 Å². The zero-order chi connectivity index (χ0) is 12.3. The molecular weight excluding hydrogens is 210 g/mol. The monoisotopic (exact) mass is 229 g/mol. The van der Waals surface area contributed by atoms with Crippen LogP contribution in [0.4, 0.5) is 0 Å². The van der Waals surface area contributed by atoms with Gasteiger partial charge >= 0.3 is 11.9 Å². The van der Waals surface area contributed by atoms with Gasteiger partial charge in [-0.1, -0.05) is 13.8 Å². The summed E-state index contributed by atoms with van der Waals surface area (Å²) in [5.41, 5.74) is 0. The van der Waals surface area contributed by atoms with E-state index in [-0.39, 0.29) is 23.8 Å². The summed E-state index contributed by atoms with van der Waals surface area (Å²) >= 11 is 0. The molecule has 0 aromatic rings. The van der Waals surface area contributed by atoms with Gasteiger partial charge < -0.3 is 15.2 Å². The summed E-state index contributed by atoms with van der Waals surface area (Å²) in [5, 5.41) is 12.0. The first-order chi connectivity index (χ1) is 7.47. The zero-order valence-corrected chi connectivity index (χ0v) is 9.90. The van der Waals surface area contributed by atoms with Crippen LogP contribution in [0.2, 0.25) is 0 Å². The lowest BCUT2D eigenvalue weighted by atomic mass is 9.79. The summed E-state index contributed by atoms with van der Waals surface area (Å²) < 4.78 is 4.69. The Labute approximate surface area is 95.2 Å². The minimum Gasteiger partial charge on any atom is -0.481 e. The molecule has 2 N–H and O–H groups in total. The number of carbonyl (C=O) groups is 2. The fraction of sp³-hybridized carbons (Fsp3) is 0.818. The predicted octanol–water partition coefficient (Wildman–Crippen LogP) is 0.637. The average molecular weight is 229 g/mol. The number of rotatable bonds is 5. The second-order valence-corrected chi connectivity index (χ2v) is 4.54. The van der Waals surface area contributed by atoms with E-state index >= 15 is 0 Å². The van der Waals surface area contributed by atoms with E-state index < -0.39 is 12.0 Å². The van der Waals surface area contributed by atoms with Crippen LogP contribution in [0.3, 0.4) is 0 Å². The highest BCUT2D eigenvalue weighted by molar-refractivity contribution is 5.76. The van der Waals surface area contributed by atoms with E-state index in [1.165, 1.54) is 7.11 Å². The largest absolute Gasteiger partial charge is 0.481 e. The third-order valence-electron chi connectivity index (χ3n) is 3.11. The maximum absolute atomic E-state index is 11.5. The van der Waals surface area contributed by atoms with Crippen molar-refractivity contribution in [2.45, 2.75) is 38.8 Å². The summed E-state index contributed by atoms with van der Waals surface area (Å²) in [5.74, 6) is -1.41. The molecule has 5 heteroatoms. The Bertz CT molecular complexity index is 277. The third kappa shape index (κ3) is 2.72. The second kappa shape index (κ2) is 5.30. The number of nitrogens with one attached hydrogen (secondary N) is 1. The highest BCUT2D eigenvalue weighted by Gasteiger charge is 2.39. The predicted molar refractivity (Wildman–Crippen MR) is 57.9 cm³/mol. The van der Waals surface area contributed by atoms with Gasteiger partial charge in [0.15, 0.2) is 0 Å². The topological polar surface area (TPSA) is 75.6 Å². The minimum absolute atomic E-state index is 0.0856. The molecule has 1 saturated carbocycles. The van der Waals surface area contributed by atoms with Crippen LogP contribution < -0.4 is 5.32 Å². The Balaban J connectivity index is 2.56. The highest BCUT2D eigenvalue weighted by atomic mass is 16.5. The SMILES string of the molecule is COC(=O)C(NC1CCC1C(=O)O)C(C)C. The molecule has 0 heterocycles. The molecule has 0 amide bonds. The zero-order valence-electron chi connectivity index (χ0n) is 9.90. The quantitative estimate of drug-likeness (QED) is 0.676. The van der Waals surface area contributed by atoms with Gasteiger partial charge in [-0.05, 0) is 18.8 Å². The fourth-order valence-electron chi connectivity index (χ4n) is 1.89. The third-order valence-corrected chi connectivity index (χ3v) is 3.11. The van der Waals surface area contributed by atoms with Crippen molar-refractivity contribution in [1.82, 2.24) is 5.32 Å². The molecule has 0 radical (unpaired) electrons. The van der Waals surface area contributed by atoms with Gasteiger partial charge in [-0.25, -0.2) is 0 Å². The van der Waals surface area contributed by atoms with Crippen molar-refractivity contribution in [1.29, 1.82) is 0 Å². The van der Waals surface area contributed by atoms with Crippen molar-refractivity contribution in [3.05, 3.63) is 0 Å². The van der Waals surface area contributed by atoms with E-state index in [2.05, 4.69) is 10.1 Å². The van der Waals surface area contributed by atoms with Gasteiger partial charge in [-0.3, -0.25) is 9.59 Å². The van der Waals surface area contributed by atoms with Crippen molar-refractivity contribution in [3.63, 3.8) is 0 Å². The average Bonchev–Trinajstić information content (AvgIpc) is 2.14. The van der Waals surface area contributed by atoms with Crippen LogP contribution in [-0.4, -0.2) is 36.2 Å². The summed E-state index contributed by atoms with van der Waals surface area (Å²) in [4.78, 5) is 22.3. The van der Waals surface area contributed by atoms with Crippen LogP contribution in [0.15, 0.2) is 0 Å². The standard InChI is InChI=1S/C11H19NO4/c1-6(2)9(11(15)16-3)12-8-5-4-7(8)10(13)14/h6-9,12H,4-5H2,1-3H3,(H,13,14). The first-order valence-electron chi connectivity index (χ1n) is 5.54. The van der Waals surface area contributed by atoms with E-state index in [0.29, 0.717) is 6.42 Å². The molecule has 1 fully saturated rings. The molecule has 3 atom stereocenters. The van der Waals surface area contributed by atoms with Crippen molar-refractivity contribution >= 4 is 11.9 Å². The van der Waals surface area contributed by atoms with Gasteiger partial charge in [0.25, 0.3) is 0 Å². The summed E-state index contributed by atoms with van der Waals surface area (Å²) in [7, 11) is 1.34. The normalized spacial score (nSPS) is 26.0. The molecule has 0 aromatic carbocycles. The van der Waals surface area contributed by atoms with E-state index in [1.54, 1.807) is 0 Å². The summed E-state index contributed by atoms with van der Waals surface area (Å²) in [6, 6.07) is -0.527. The number of ether oxygens (including phenoxy) is 1. The van der Waals surface area contributed by atoms with Crippen LogP contribution in [-0.2, 0) is 14.3 Å². The molecule has 1 aliphatic rings. The maximum atomic E-state index is 11.5. The van der Waals surface area contributed by atoms with Crippen molar-refractivity contribution in [2.24, 2.45) is 11.8 Å². The molecule has 3 unspecified atom stereocenters. The summed E-state index contributed by atoms with van der Waals surface area (Å²) in [6.07, 6.45) is 1.48. The molecule has 0 spiro atoms. The number of hydrogen-bond acceptors (Lipinski definition) is 4. The first kappa shape index (κ1) is 13.0. The van der Waals surface area contributed by atoms with Crippen molar-refractivity contribution in [3.8, 4) is 0 Å². The first-order valence-corrected chi connectivity index (χ1v) is 5.54. The van der Waals surface area contributed by atoms with Crippen LogP contribution >= 0.6 is 0 Å². The van der Waals surface area contributed by atoms with Gasteiger partial charge in [0, 0.05) is 6.04 Å². The number of carboxylic acid groups (broad SMARTS) is 1.